The number of amides is 1. The summed E-state index contributed by atoms with van der Waals surface area (Å²) in [6, 6.07) is 20.2. The number of ether oxygens (including phenoxy) is 1. The molecule has 0 radical (unpaired) electrons. The van der Waals surface area contributed by atoms with Crippen LogP contribution in [0.25, 0.3) is 0 Å². The van der Waals surface area contributed by atoms with Crippen LogP contribution in [0, 0.1) is 11.3 Å². The quantitative estimate of drug-likeness (QED) is 0.858. The van der Waals surface area contributed by atoms with Crippen molar-refractivity contribution in [1.29, 1.82) is 5.26 Å². The molecule has 0 aliphatic heterocycles. The van der Waals surface area contributed by atoms with Crippen LogP contribution in [0.2, 0.25) is 0 Å². The van der Waals surface area contributed by atoms with Gasteiger partial charge < -0.3 is 10.1 Å². The van der Waals surface area contributed by atoms with Crippen LogP contribution in [0.5, 0.6) is 5.75 Å². The number of hydrogen-bond acceptors (Lipinski definition) is 3. The minimum Gasteiger partial charge on any atom is -0.483 e. The van der Waals surface area contributed by atoms with Gasteiger partial charge in [-0.3, -0.25) is 4.79 Å². The molecule has 1 aliphatic carbocycles. The van der Waals surface area contributed by atoms with Gasteiger partial charge in [-0.15, -0.1) is 0 Å². The first-order valence-electron chi connectivity index (χ1n) is 9.18. The van der Waals surface area contributed by atoms with Crippen molar-refractivity contribution >= 4 is 5.91 Å². The molecule has 0 bridgehead atoms. The zero-order valence-electron chi connectivity index (χ0n) is 14.9. The predicted octanol–water partition coefficient (Wildman–Crippen LogP) is 4.00. The van der Waals surface area contributed by atoms with Crippen molar-refractivity contribution in [3.8, 4) is 11.8 Å². The Morgan fingerprint density at radius 2 is 1.73 bits per heavy atom. The van der Waals surface area contributed by atoms with Crippen LogP contribution in [-0.4, -0.2) is 18.1 Å². The molecule has 0 aromatic heterocycles. The summed E-state index contributed by atoms with van der Waals surface area (Å²) in [4.78, 5) is 12.3. The summed E-state index contributed by atoms with van der Waals surface area (Å²) >= 11 is 0. The number of rotatable bonds is 6. The van der Waals surface area contributed by atoms with Crippen LogP contribution in [0.15, 0.2) is 54.6 Å². The Hall–Kier alpha value is -2.80. The third kappa shape index (κ3) is 4.64. The lowest BCUT2D eigenvalue weighted by atomic mass is 9.83. The highest BCUT2D eigenvalue weighted by Crippen LogP contribution is 2.27. The van der Waals surface area contributed by atoms with E-state index >= 15 is 0 Å². The monoisotopic (exact) mass is 348 g/mol. The second-order valence-corrected chi connectivity index (χ2v) is 6.86. The number of benzene rings is 2. The average molecular weight is 348 g/mol. The van der Waals surface area contributed by atoms with E-state index in [1.54, 1.807) is 0 Å². The molecule has 0 spiro atoms. The topological polar surface area (TPSA) is 62.1 Å². The fourth-order valence-corrected chi connectivity index (χ4v) is 3.47. The second kappa shape index (κ2) is 8.53. The molecule has 0 atom stereocenters. The third-order valence-corrected chi connectivity index (χ3v) is 4.87. The highest BCUT2D eigenvalue weighted by atomic mass is 16.5. The summed E-state index contributed by atoms with van der Waals surface area (Å²) < 4.78 is 5.78. The van der Waals surface area contributed by atoms with Gasteiger partial charge in [-0.2, -0.15) is 5.26 Å². The van der Waals surface area contributed by atoms with Crippen LogP contribution in [0.3, 0.4) is 0 Å². The maximum absolute atomic E-state index is 12.3. The van der Waals surface area contributed by atoms with Gasteiger partial charge in [0.2, 0.25) is 0 Å². The lowest BCUT2D eigenvalue weighted by molar-refractivity contribution is -0.124. The van der Waals surface area contributed by atoms with Gasteiger partial charge in [-0.1, -0.05) is 67.8 Å². The van der Waals surface area contributed by atoms with Crippen molar-refractivity contribution in [2.45, 2.75) is 44.1 Å². The van der Waals surface area contributed by atoms with Crippen molar-refractivity contribution in [1.82, 2.24) is 5.32 Å². The van der Waals surface area contributed by atoms with Gasteiger partial charge in [0, 0.05) is 6.42 Å². The number of carbonyl (C=O) groups is 1. The summed E-state index contributed by atoms with van der Waals surface area (Å²) in [6.45, 7) is -0.0742. The Balaban J connectivity index is 1.61. The molecule has 4 nitrogen and oxygen atoms in total. The summed E-state index contributed by atoms with van der Waals surface area (Å²) in [6.07, 6.45) is 5.28. The van der Waals surface area contributed by atoms with Gasteiger partial charge in [-0.05, 0) is 30.0 Å². The molecule has 0 unspecified atom stereocenters. The lowest BCUT2D eigenvalue weighted by Crippen LogP contribution is -2.50. The first-order valence-corrected chi connectivity index (χ1v) is 9.18. The molecule has 1 saturated carbocycles. The Kier molecular flexibility index (Phi) is 5.91. The minimum absolute atomic E-state index is 0.0742. The maximum atomic E-state index is 12.3. The fraction of sp³-hybridized carbons (Fsp3) is 0.364. The van der Waals surface area contributed by atoms with Crippen molar-refractivity contribution < 1.29 is 9.53 Å². The molecule has 3 rings (SSSR count). The highest BCUT2D eigenvalue weighted by Gasteiger charge is 2.33. The van der Waals surface area contributed by atoms with E-state index in [1.165, 1.54) is 5.56 Å². The van der Waals surface area contributed by atoms with E-state index in [9.17, 15) is 10.1 Å². The summed E-state index contributed by atoms with van der Waals surface area (Å²) in [7, 11) is 0. The largest absolute Gasteiger partial charge is 0.483 e. The maximum Gasteiger partial charge on any atom is 0.259 e. The van der Waals surface area contributed by atoms with Gasteiger partial charge >= 0.3 is 0 Å². The number of nitrogens with one attached hydrogen (secondary N) is 1. The summed E-state index contributed by atoms with van der Waals surface area (Å²) in [5, 5.41) is 12.4. The zero-order valence-corrected chi connectivity index (χ0v) is 14.9. The molecular weight excluding hydrogens is 324 g/mol. The van der Waals surface area contributed by atoms with Gasteiger partial charge in [0.15, 0.2) is 6.61 Å². The van der Waals surface area contributed by atoms with Crippen LogP contribution < -0.4 is 10.1 Å². The highest BCUT2D eigenvalue weighted by molar-refractivity contribution is 5.79. The van der Waals surface area contributed by atoms with Gasteiger partial charge in [0.25, 0.3) is 5.91 Å². The Labute approximate surface area is 154 Å². The smallest absolute Gasteiger partial charge is 0.259 e. The summed E-state index contributed by atoms with van der Waals surface area (Å²) in [5.41, 5.74) is 1.51. The SMILES string of the molecule is N#CC1(NC(=O)COc2ccccc2Cc2ccccc2)CCCCC1. The molecule has 2 aromatic rings. The number of hydrogen-bond donors (Lipinski definition) is 1. The van der Waals surface area contributed by atoms with Crippen molar-refractivity contribution in [2.75, 3.05) is 6.61 Å². The Morgan fingerprint density at radius 1 is 1.04 bits per heavy atom. The van der Waals surface area contributed by atoms with Crippen LogP contribution in [0.1, 0.15) is 43.2 Å². The number of nitriles is 1. The molecule has 1 aliphatic rings. The molecule has 4 heteroatoms. The molecule has 1 amide bonds. The van der Waals surface area contributed by atoms with E-state index in [1.807, 2.05) is 42.5 Å². The molecule has 2 aromatic carbocycles. The molecule has 26 heavy (non-hydrogen) atoms. The van der Waals surface area contributed by atoms with E-state index in [4.69, 9.17) is 4.74 Å². The predicted molar refractivity (Wildman–Crippen MR) is 101 cm³/mol. The number of para-hydroxylation sites is 1. The average Bonchev–Trinajstić information content (AvgIpc) is 2.69. The molecule has 0 saturated heterocycles. The van der Waals surface area contributed by atoms with Gasteiger partial charge in [0.1, 0.15) is 11.3 Å². The van der Waals surface area contributed by atoms with E-state index < -0.39 is 5.54 Å². The summed E-state index contributed by atoms with van der Waals surface area (Å²) in [5.74, 6) is 0.476. The van der Waals surface area contributed by atoms with Gasteiger partial charge in [-0.25, -0.2) is 0 Å². The van der Waals surface area contributed by atoms with Gasteiger partial charge in [0.05, 0.1) is 6.07 Å². The molecule has 1 N–H and O–H groups in total. The number of carbonyl (C=O) groups excluding carboxylic acids is 1. The minimum atomic E-state index is -0.720. The zero-order chi connectivity index (χ0) is 18.2. The Bertz CT molecular complexity index is 774. The lowest BCUT2D eigenvalue weighted by Gasteiger charge is -2.31. The third-order valence-electron chi connectivity index (χ3n) is 4.87. The van der Waals surface area contributed by atoms with Crippen LogP contribution in [0.4, 0.5) is 0 Å². The molecule has 1 fully saturated rings. The Morgan fingerprint density at radius 3 is 2.46 bits per heavy atom. The fourth-order valence-electron chi connectivity index (χ4n) is 3.47. The van der Waals surface area contributed by atoms with E-state index in [0.29, 0.717) is 5.75 Å². The van der Waals surface area contributed by atoms with Crippen molar-refractivity contribution in [3.63, 3.8) is 0 Å². The first kappa shape index (κ1) is 18.0. The molecule has 134 valence electrons. The van der Waals surface area contributed by atoms with E-state index in [0.717, 1.165) is 44.1 Å². The van der Waals surface area contributed by atoms with Crippen LogP contribution in [-0.2, 0) is 11.2 Å². The number of nitrogens with zero attached hydrogens (tertiary/aromatic N) is 1. The second-order valence-electron chi connectivity index (χ2n) is 6.86. The van der Waals surface area contributed by atoms with E-state index in [2.05, 4.69) is 23.5 Å². The standard InChI is InChI=1S/C22H24N2O2/c23-17-22(13-7-2-8-14-22)24-21(25)16-26-20-12-6-5-11-19(20)15-18-9-3-1-4-10-18/h1,3-6,9-12H,2,7-8,13-16H2,(H,24,25). The first-order chi connectivity index (χ1) is 12.7. The van der Waals surface area contributed by atoms with Crippen LogP contribution >= 0.6 is 0 Å². The molecular formula is C22H24N2O2. The van der Waals surface area contributed by atoms with Crippen molar-refractivity contribution in [3.05, 3.63) is 65.7 Å². The van der Waals surface area contributed by atoms with E-state index in [-0.39, 0.29) is 12.5 Å². The van der Waals surface area contributed by atoms with Crippen molar-refractivity contribution in [2.24, 2.45) is 0 Å². The normalized spacial score (nSPS) is 15.7. The molecule has 0 heterocycles.